The second-order valence-corrected chi connectivity index (χ2v) is 7.99. The van der Waals surface area contributed by atoms with Gasteiger partial charge in [-0.05, 0) is 48.5 Å². The van der Waals surface area contributed by atoms with Crippen molar-refractivity contribution in [2.24, 2.45) is 5.92 Å². The molecule has 0 unspecified atom stereocenters. The van der Waals surface area contributed by atoms with Crippen LogP contribution in [0.5, 0.6) is 5.75 Å². The number of nitro benzene ring substituents is 1. The molecule has 182 valence electrons. The van der Waals surface area contributed by atoms with Crippen molar-refractivity contribution in [2.45, 2.75) is 6.42 Å². The number of amides is 1. The Bertz CT molecular complexity index is 1300. The van der Waals surface area contributed by atoms with Crippen molar-refractivity contribution in [2.75, 3.05) is 18.1 Å². The van der Waals surface area contributed by atoms with Crippen molar-refractivity contribution in [3.8, 4) is 5.75 Å². The predicted molar refractivity (Wildman–Crippen MR) is 127 cm³/mol. The third-order valence-electron chi connectivity index (χ3n) is 5.57. The monoisotopic (exact) mass is 488 g/mol. The molecule has 0 N–H and O–H groups in total. The van der Waals surface area contributed by atoms with E-state index in [4.69, 9.17) is 9.47 Å². The van der Waals surface area contributed by atoms with Gasteiger partial charge >= 0.3 is 11.9 Å². The average molecular weight is 488 g/mol. The lowest BCUT2D eigenvalue weighted by atomic mass is 10.1. The minimum Gasteiger partial charge on any atom is -0.457 e. The molecule has 1 aliphatic heterocycles. The van der Waals surface area contributed by atoms with Gasteiger partial charge in [0.25, 0.3) is 5.69 Å². The fraction of sp³-hybridized carbons (Fsp3) is 0.154. The van der Waals surface area contributed by atoms with Gasteiger partial charge < -0.3 is 14.4 Å². The lowest BCUT2D eigenvalue weighted by molar-refractivity contribution is -0.384. The number of benzene rings is 3. The van der Waals surface area contributed by atoms with Crippen molar-refractivity contribution < 1.29 is 33.6 Å². The second-order valence-electron chi connectivity index (χ2n) is 7.99. The van der Waals surface area contributed by atoms with E-state index < -0.39 is 35.2 Å². The smallest absolute Gasteiger partial charge is 0.343 e. The molecule has 3 aromatic rings. The molecule has 0 bridgehead atoms. The van der Waals surface area contributed by atoms with Crippen LogP contribution in [0.3, 0.4) is 0 Å². The van der Waals surface area contributed by atoms with Gasteiger partial charge in [-0.25, -0.2) is 4.79 Å². The van der Waals surface area contributed by atoms with E-state index >= 15 is 0 Å². The highest BCUT2D eigenvalue weighted by Crippen LogP contribution is 2.27. The molecule has 1 amide bonds. The van der Waals surface area contributed by atoms with E-state index in [1.807, 2.05) is 0 Å². The molecule has 0 radical (unpaired) electrons. The fourth-order valence-electron chi connectivity index (χ4n) is 3.66. The lowest BCUT2D eigenvalue weighted by Gasteiger charge is -2.16. The van der Waals surface area contributed by atoms with Crippen LogP contribution in [0.2, 0.25) is 0 Å². The number of non-ortho nitro benzene ring substituents is 1. The molecule has 0 saturated carbocycles. The summed E-state index contributed by atoms with van der Waals surface area (Å²) in [5, 5.41) is 10.8. The van der Waals surface area contributed by atoms with Gasteiger partial charge in [-0.3, -0.25) is 24.5 Å². The Labute approximate surface area is 205 Å². The number of ether oxygens (including phenoxy) is 2. The highest BCUT2D eigenvalue weighted by atomic mass is 16.6. The number of nitrogens with zero attached hydrogens (tertiary/aromatic N) is 2. The molecule has 0 spiro atoms. The third-order valence-corrected chi connectivity index (χ3v) is 5.57. The topological polar surface area (TPSA) is 133 Å². The number of Topliss-reactive ketones (excluding diaryl/α,β-unsaturated/α-hetero) is 1. The van der Waals surface area contributed by atoms with Gasteiger partial charge in [-0.2, -0.15) is 0 Å². The number of ketones is 1. The Morgan fingerprint density at radius 1 is 0.917 bits per heavy atom. The number of rotatable bonds is 8. The molecule has 1 aliphatic rings. The van der Waals surface area contributed by atoms with E-state index in [0.29, 0.717) is 11.3 Å². The van der Waals surface area contributed by atoms with E-state index in [1.165, 1.54) is 53.4 Å². The highest BCUT2D eigenvalue weighted by molar-refractivity contribution is 6.01. The maximum atomic E-state index is 12.5. The normalized spacial score (nSPS) is 14.8. The maximum Gasteiger partial charge on any atom is 0.343 e. The van der Waals surface area contributed by atoms with Crippen LogP contribution < -0.4 is 9.64 Å². The van der Waals surface area contributed by atoms with Crippen LogP contribution in [0.15, 0.2) is 78.9 Å². The van der Waals surface area contributed by atoms with E-state index in [-0.39, 0.29) is 35.9 Å². The quantitative estimate of drug-likeness (QED) is 0.154. The second kappa shape index (κ2) is 10.6. The first-order valence-corrected chi connectivity index (χ1v) is 10.9. The molecule has 10 nitrogen and oxygen atoms in total. The average Bonchev–Trinajstić information content (AvgIpc) is 3.29. The molecule has 36 heavy (non-hydrogen) atoms. The van der Waals surface area contributed by atoms with Crippen LogP contribution in [-0.4, -0.2) is 41.7 Å². The Morgan fingerprint density at radius 3 is 2.22 bits per heavy atom. The summed E-state index contributed by atoms with van der Waals surface area (Å²) in [7, 11) is 0. The zero-order valence-corrected chi connectivity index (χ0v) is 18.9. The van der Waals surface area contributed by atoms with Crippen molar-refractivity contribution in [3.63, 3.8) is 0 Å². The number of hydrogen-bond acceptors (Lipinski definition) is 8. The molecule has 1 fully saturated rings. The van der Waals surface area contributed by atoms with Crippen LogP contribution in [0.4, 0.5) is 11.4 Å². The first-order valence-electron chi connectivity index (χ1n) is 10.9. The Kier molecular flexibility index (Phi) is 7.15. The van der Waals surface area contributed by atoms with Gasteiger partial charge in [0.1, 0.15) is 5.75 Å². The van der Waals surface area contributed by atoms with Crippen molar-refractivity contribution in [1.82, 2.24) is 0 Å². The summed E-state index contributed by atoms with van der Waals surface area (Å²) in [6.45, 7) is -0.463. The van der Waals surface area contributed by atoms with Crippen molar-refractivity contribution in [3.05, 3.63) is 100 Å². The molecule has 4 rings (SSSR count). The van der Waals surface area contributed by atoms with Gasteiger partial charge in [0.15, 0.2) is 12.4 Å². The van der Waals surface area contributed by atoms with Gasteiger partial charge in [0.05, 0.1) is 16.4 Å². The number of esters is 2. The van der Waals surface area contributed by atoms with Gasteiger partial charge in [-0.15, -0.1) is 0 Å². The Balaban J connectivity index is 1.28. The summed E-state index contributed by atoms with van der Waals surface area (Å²) in [6, 6.07) is 19.7. The van der Waals surface area contributed by atoms with Crippen LogP contribution in [0.25, 0.3) is 0 Å². The summed E-state index contributed by atoms with van der Waals surface area (Å²) in [5.74, 6) is -2.50. The maximum absolute atomic E-state index is 12.5. The molecule has 0 aromatic heterocycles. The predicted octanol–water partition coefficient (Wildman–Crippen LogP) is 3.59. The SMILES string of the molecule is O=C(COC(=O)[C@H]1CC(=O)N(c2ccc([N+](=O)[O-])cc2)C1)c1ccc(OC(=O)c2ccccc2)cc1. The van der Waals surface area contributed by atoms with Crippen molar-refractivity contribution >= 4 is 35.0 Å². The third kappa shape index (κ3) is 5.61. The van der Waals surface area contributed by atoms with Crippen LogP contribution in [-0.2, 0) is 14.3 Å². The highest BCUT2D eigenvalue weighted by Gasteiger charge is 2.36. The fourth-order valence-corrected chi connectivity index (χ4v) is 3.66. The molecular formula is C26H20N2O8. The number of carbonyl (C=O) groups excluding carboxylic acids is 4. The number of hydrogen-bond donors (Lipinski definition) is 0. The van der Waals surface area contributed by atoms with E-state index in [1.54, 1.807) is 30.3 Å². The molecule has 3 aromatic carbocycles. The van der Waals surface area contributed by atoms with Crippen LogP contribution in [0.1, 0.15) is 27.1 Å². The Hall–Kier alpha value is -4.86. The van der Waals surface area contributed by atoms with E-state index in [0.717, 1.165) is 0 Å². The molecule has 0 aliphatic carbocycles. The minimum absolute atomic E-state index is 0.0468. The van der Waals surface area contributed by atoms with Crippen LogP contribution >= 0.6 is 0 Å². The lowest BCUT2D eigenvalue weighted by Crippen LogP contribution is -2.27. The van der Waals surface area contributed by atoms with Gasteiger partial charge in [-0.1, -0.05) is 18.2 Å². The number of nitro groups is 1. The summed E-state index contributed by atoms with van der Waals surface area (Å²) in [4.78, 5) is 61.0. The zero-order valence-electron chi connectivity index (χ0n) is 18.9. The molecule has 10 heteroatoms. The van der Waals surface area contributed by atoms with Crippen LogP contribution in [0, 0.1) is 16.0 Å². The van der Waals surface area contributed by atoms with E-state index in [9.17, 15) is 29.3 Å². The number of anilines is 1. The first-order chi connectivity index (χ1) is 17.3. The van der Waals surface area contributed by atoms with Gasteiger partial charge in [0.2, 0.25) is 5.91 Å². The largest absolute Gasteiger partial charge is 0.457 e. The Morgan fingerprint density at radius 2 is 1.58 bits per heavy atom. The zero-order chi connectivity index (χ0) is 25.7. The number of carbonyl (C=O) groups is 4. The summed E-state index contributed by atoms with van der Waals surface area (Å²) in [5.41, 5.74) is 0.978. The first kappa shape index (κ1) is 24.3. The molecular weight excluding hydrogens is 468 g/mol. The molecule has 1 saturated heterocycles. The van der Waals surface area contributed by atoms with Gasteiger partial charge in [0, 0.05) is 36.3 Å². The molecule has 1 heterocycles. The van der Waals surface area contributed by atoms with Crippen molar-refractivity contribution in [1.29, 1.82) is 0 Å². The van der Waals surface area contributed by atoms with E-state index in [2.05, 4.69) is 0 Å². The summed E-state index contributed by atoms with van der Waals surface area (Å²) >= 11 is 0. The minimum atomic E-state index is -0.764. The summed E-state index contributed by atoms with van der Waals surface area (Å²) < 4.78 is 10.4. The standard InChI is InChI=1S/C26H20N2O8/c29-23(17-6-12-22(13-7-17)36-26(32)18-4-2-1-3-5-18)16-35-25(31)19-14-24(30)27(15-19)20-8-10-21(11-9-20)28(33)34/h1-13,19H,14-16H2/t19-/m0/s1. The summed E-state index contributed by atoms with van der Waals surface area (Å²) in [6.07, 6.45) is -0.0918. The molecule has 1 atom stereocenters.